The zero-order valence-electron chi connectivity index (χ0n) is 12.0. The maximum Gasteiger partial charge on any atom is 0.222 e. The van der Waals surface area contributed by atoms with E-state index in [-0.39, 0.29) is 5.95 Å². The minimum absolute atomic E-state index is 0.210. The number of hydrogen-bond donors (Lipinski definition) is 2. The van der Waals surface area contributed by atoms with Crippen LogP contribution in [-0.4, -0.2) is 35.1 Å². The van der Waals surface area contributed by atoms with Crippen molar-refractivity contribution in [1.29, 1.82) is 0 Å². The molecule has 6 nitrogen and oxygen atoms in total. The van der Waals surface area contributed by atoms with Crippen LogP contribution < -0.4 is 16.0 Å². The number of nitrogen functional groups attached to an aromatic ring is 1. The van der Waals surface area contributed by atoms with Gasteiger partial charge in [0.15, 0.2) is 11.4 Å². The highest BCUT2D eigenvalue weighted by atomic mass is 35.5. The standard InChI is InChI=1S/C15H13Cl2N5O/c16-8-1-2-9-10(11(8)17)12-13(23-9)14(21-15(18)20-12)22-5-6-3-7(22)4-19-6/h1-2,6-7,19H,3-5H2,(H2,18,20,21)/t6-,7-/m0/s1. The van der Waals surface area contributed by atoms with Crippen LogP contribution in [0.1, 0.15) is 6.42 Å². The van der Waals surface area contributed by atoms with Crippen molar-refractivity contribution in [2.24, 2.45) is 0 Å². The van der Waals surface area contributed by atoms with Crippen molar-refractivity contribution in [2.45, 2.75) is 18.5 Å². The number of furan rings is 1. The summed E-state index contributed by atoms with van der Waals surface area (Å²) in [4.78, 5) is 11.0. The Balaban J connectivity index is 1.82. The van der Waals surface area contributed by atoms with E-state index >= 15 is 0 Å². The Morgan fingerprint density at radius 1 is 1.30 bits per heavy atom. The quantitative estimate of drug-likeness (QED) is 0.703. The fourth-order valence-corrected chi connectivity index (χ4v) is 4.09. The Hall–Kier alpha value is -1.76. The summed E-state index contributed by atoms with van der Waals surface area (Å²) in [7, 11) is 0. The third-order valence-corrected chi connectivity index (χ3v) is 5.50. The fourth-order valence-electron chi connectivity index (χ4n) is 3.68. The number of nitrogens with two attached hydrogens (primary N) is 1. The van der Waals surface area contributed by atoms with Gasteiger partial charge in [-0.2, -0.15) is 4.98 Å². The number of nitrogens with one attached hydrogen (secondary N) is 1. The van der Waals surface area contributed by atoms with Crippen molar-refractivity contribution in [2.75, 3.05) is 23.7 Å². The zero-order chi connectivity index (χ0) is 15.7. The third kappa shape index (κ3) is 1.86. The fraction of sp³-hybridized carbons (Fsp3) is 0.333. The molecule has 2 atom stereocenters. The Labute approximate surface area is 141 Å². The van der Waals surface area contributed by atoms with Crippen molar-refractivity contribution < 1.29 is 4.42 Å². The van der Waals surface area contributed by atoms with Crippen LogP contribution in [0.4, 0.5) is 11.8 Å². The average molecular weight is 350 g/mol. The second-order valence-corrected chi connectivity index (χ2v) is 6.85. The molecule has 2 aliphatic heterocycles. The van der Waals surface area contributed by atoms with Crippen molar-refractivity contribution in [3.63, 3.8) is 0 Å². The highest BCUT2D eigenvalue weighted by Gasteiger charge is 2.39. The van der Waals surface area contributed by atoms with Crippen LogP contribution in [0.25, 0.3) is 22.1 Å². The van der Waals surface area contributed by atoms with Gasteiger partial charge in [-0.25, -0.2) is 4.98 Å². The van der Waals surface area contributed by atoms with E-state index in [0.717, 1.165) is 25.3 Å². The largest absolute Gasteiger partial charge is 0.450 e. The normalized spacial score (nSPS) is 23.5. The lowest BCUT2D eigenvalue weighted by atomic mass is 10.2. The van der Waals surface area contributed by atoms with Crippen LogP contribution in [-0.2, 0) is 0 Å². The van der Waals surface area contributed by atoms with E-state index in [1.807, 2.05) is 0 Å². The Kier molecular flexibility index (Phi) is 2.75. The minimum atomic E-state index is 0.210. The predicted molar refractivity (Wildman–Crippen MR) is 91.3 cm³/mol. The molecule has 2 aromatic heterocycles. The number of hydrogen-bond acceptors (Lipinski definition) is 6. The molecule has 0 aliphatic carbocycles. The van der Waals surface area contributed by atoms with Gasteiger partial charge in [0.1, 0.15) is 11.1 Å². The molecular weight excluding hydrogens is 337 g/mol. The first-order valence-electron chi connectivity index (χ1n) is 7.45. The zero-order valence-corrected chi connectivity index (χ0v) is 13.5. The van der Waals surface area contributed by atoms with Gasteiger partial charge in [-0.15, -0.1) is 0 Å². The molecule has 1 aromatic carbocycles. The molecule has 0 saturated carbocycles. The maximum absolute atomic E-state index is 6.36. The van der Waals surface area contributed by atoms with Gasteiger partial charge < -0.3 is 20.4 Å². The van der Waals surface area contributed by atoms with E-state index in [0.29, 0.717) is 44.2 Å². The lowest BCUT2D eigenvalue weighted by Crippen LogP contribution is -2.44. The molecule has 0 spiro atoms. The van der Waals surface area contributed by atoms with Crippen molar-refractivity contribution in [3.8, 4) is 0 Å². The molecule has 23 heavy (non-hydrogen) atoms. The van der Waals surface area contributed by atoms with Crippen LogP contribution in [0.5, 0.6) is 0 Å². The number of anilines is 2. The number of nitrogens with zero attached hydrogens (tertiary/aromatic N) is 3. The number of rotatable bonds is 1. The van der Waals surface area contributed by atoms with Gasteiger partial charge in [0.05, 0.1) is 15.4 Å². The number of aromatic nitrogens is 2. The number of fused-ring (bicyclic) bond motifs is 5. The second kappa shape index (κ2) is 4.63. The Bertz CT molecular complexity index is 956. The summed E-state index contributed by atoms with van der Waals surface area (Å²) in [5, 5.41) is 5.05. The van der Waals surface area contributed by atoms with E-state index in [1.165, 1.54) is 0 Å². The smallest absolute Gasteiger partial charge is 0.222 e. The van der Waals surface area contributed by atoms with Crippen LogP contribution in [0.2, 0.25) is 10.0 Å². The second-order valence-electron chi connectivity index (χ2n) is 6.07. The molecule has 5 rings (SSSR count). The maximum atomic E-state index is 6.36. The van der Waals surface area contributed by atoms with E-state index < -0.39 is 0 Å². The van der Waals surface area contributed by atoms with Crippen molar-refractivity contribution in [1.82, 2.24) is 15.3 Å². The molecule has 2 saturated heterocycles. The molecule has 2 bridgehead atoms. The average Bonchev–Trinajstić information content (AvgIpc) is 3.23. The Morgan fingerprint density at radius 3 is 2.91 bits per heavy atom. The SMILES string of the molecule is Nc1nc(N2C[C@@H]3C[C@H]2CN3)c2oc3ccc(Cl)c(Cl)c3c2n1. The van der Waals surface area contributed by atoms with Gasteiger partial charge in [-0.05, 0) is 18.6 Å². The van der Waals surface area contributed by atoms with Crippen LogP contribution in [0.15, 0.2) is 16.5 Å². The Morgan fingerprint density at radius 2 is 2.17 bits per heavy atom. The molecule has 2 fully saturated rings. The van der Waals surface area contributed by atoms with Crippen LogP contribution >= 0.6 is 23.2 Å². The van der Waals surface area contributed by atoms with Crippen molar-refractivity contribution >= 4 is 57.0 Å². The van der Waals surface area contributed by atoms with E-state index in [1.54, 1.807) is 12.1 Å². The number of benzene rings is 1. The molecule has 4 heterocycles. The van der Waals surface area contributed by atoms with Gasteiger partial charge in [-0.1, -0.05) is 23.2 Å². The van der Waals surface area contributed by atoms with Crippen LogP contribution in [0.3, 0.4) is 0 Å². The first-order valence-corrected chi connectivity index (χ1v) is 8.21. The van der Waals surface area contributed by atoms with Crippen molar-refractivity contribution in [3.05, 3.63) is 22.2 Å². The molecule has 0 radical (unpaired) electrons. The van der Waals surface area contributed by atoms with Gasteiger partial charge >= 0.3 is 0 Å². The highest BCUT2D eigenvalue weighted by molar-refractivity contribution is 6.46. The van der Waals surface area contributed by atoms with Gasteiger partial charge in [0.25, 0.3) is 0 Å². The van der Waals surface area contributed by atoms with Gasteiger partial charge in [0.2, 0.25) is 5.95 Å². The van der Waals surface area contributed by atoms with Gasteiger partial charge in [0, 0.05) is 25.2 Å². The first kappa shape index (κ1) is 13.7. The summed E-state index contributed by atoms with van der Waals surface area (Å²) < 4.78 is 6.01. The summed E-state index contributed by atoms with van der Waals surface area (Å²) in [6.45, 7) is 1.84. The van der Waals surface area contributed by atoms with E-state index in [4.69, 9.17) is 33.4 Å². The third-order valence-electron chi connectivity index (χ3n) is 4.70. The summed E-state index contributed by atoms with van der Waals surface area (Å²) >= 11 is 12.5. The first-order chi connectivity index (χ1) is 11.1. The predicted octanol–water partition coefficient (Wildman–Crippen LogP) is 2.82. The highest BCUT2D eigenvalue weighted by Crippen LogP contribution is 2.41. The van der Waals surface area contributed by atoms with Gasteiger partial charge in [-0.3, -0.25) is 0 Å². The molecule has 0 amide bonds. The molecule has 8 heteroatoms. The summed E-state index contributed by atoms with van der Waals surface area (Å²) in [6.07, 6.45) is 1.11. The molecule has 3 aromatic rings. The van der Waals surface area contributed by atoms with E-state index in [2.05, 4.69) is 20.2 Å². The molecule has 2 aliphatic rings. The summed E-state index contributed by atoms with van der Waals surface area (Å²) in [5.41, 5.74) is 7.82. The molecule has 118 valence electrons. The minimum Gasteiger partial charge on any atom is -0.450 e. The number of piperazine rings is 1. The molecule has 0 unspecified atom stereocenters. The summed E-state index contributed by atoms with van der Waals surface area (Å²) in [5.74, 6) is 0.951. The van der Waals surface area contributed by atoms with Crippen LogP contribution in [0, 0.1) is 0 Å². The molecular formula is C15H13Cl2N5O. The summed E-state index contributed by atoms with van der Waals surface area (Å²) in [6, 6.07) is 4.41. The lowest BCUT2D eigenvalue weighted by molar-refractivity contribution is 0.572. The lowest BCUT2D eigenvalue weighted by Gasteiger charge is -2.28. The monoisotopic (exact) mass is 349 g/mol. The topological polar surface area (TPSA) is 80.2 Å². The number of halogens is 2. The van der Waals surface area contributed by atoms with E-state index in [9.17, 15) is 0 Å². The molecule has 3 N–H and O–H groups in total.